The first kappa shape index (κ1) is 21.8. The summed E-state index contributed by atoms with van der Waals surface area (Å²) in [7, 11) is 0. The highest BCUT2D eigenvalue weighted by atomic mass is 16.5. The lowest BCUT2D eigenvalue weighted by Crippen LogP contribution is -2.38. The van der Waals surface area contributed by atoms with Gasteiger partial charge in [-0.3, -0.25) is 0 Å². The van der Waals surface area contributed by atoms with Crippen LogP contribution in [0, 0.1) is 0 Å². The van der Waals surface area contributed by atoms with Gasteiger partial charge in [0, 0.05) is 5.39 Å². The summed E-state index contributed by atoms with van der Waals surface area (Å²) in [4.78, 5) is 0. The molecule has 5 rings (SSSR count). The summed E-state index contributed by atoms with van der Waals surface area (Å²) in [6.45, 7) is 2.85. The molecule has 0 radical (unpaired) electrons. The van der Waals surface area contributed by atoms with Gasteiger partial charge in [0.05, 0.1) is 12.1 Å². The highest BCUT2D eigenvalue weighted by molar-refractivity contribution is 5.91. The Balaban J connectivity index is 1.81. The summed E-state index contributed by atoms with van der Waals surface area (Å²) in [6, 6.07) is 37.6. The number of rotatable bonds is 8. The standard InChI is InChI=1S/C30H29N3O/c1-2-3-21-34-26-19-20-28-27(22-26)29(31)32-33(28)30(23-13-7-4-8-14-23,24-15-9-5-10-16-24)25-17-11-6-12-18-25/h4-20,22H,2-3,21H2,1H3,(H2,31,32). The molecule has 170 valence electrons. The first-order valence-electron chi connectivity index (χ1n) is 11.8. The summed E-state index contributed by atoms with van der Waals surface area (Å²) in [5.41, 5.74) is 10.1. The van der Waals surface area contributed by atoms with E-state index in [2.05, 4.69) is 90.5 Å². The third-order valence-electron chi connectivity index (χ3n) is 6.34. The Labute approximate surface area is 200 Å². The van der Waals surface area contributed by atoms with Crippen molar-refractivity contribution in [2.75, 3.05) is 12.3 Å². The second kappa shape index (κ2) is 9.44. The smallest absolute Gasteiger partial charge is 0.153 e. The molecule has 0 saturated carbocycles. The van der Waals surface area contributed by atoms with E-state index in [4.69, 9.17) is 15.6 Å². The number of unbranched alkanes of at least 4 members (excludes halogenated alkanes) is 1. The maximum atomic E-state index is 6.54. The first-order valence-corrected chi connectivity index (χ1v) is 11.8. The molecular formula is C30H29N3O. The molecule has 1 aromatic heterocycles. The minimum Gasteiger partial charge on any atom is -0.494 e. The number of benzene rings is 4. The van der Waals surface area contributed by atoms with Crippen LogP contribution in [0.15, 0.2) is 109 Å². The van der Waals surface area contributed by atoms with E-state index in [0.29, 0.717) is 12.4 Å². The van der Waals surface area contributed by atoms with Crippen LogP contribution >= 0.6 is 0 Å². The van der Waals surface area contributed by atoms with Gasteiger partial charge < -0.3 is 10.5 Å². The molecule has 4 aromatic carbocycles. The second-order valence-electron chi connectivity index (χ2n) is 8.49. The number of ether oxygens (including phenoxy) is 1. The molecule has 0 spiro atoms. The molecule has 34 heavy (non-hydrogen) atoms. The molecule has 0 unspecified atom stereocenters. The predicted octanol–water partition coefficient (Wildman–Crippen LogP) is 6.64. The highest BCUT2D eigenvalue weighted by Gasteiger charge is 2.40. The maximum Gasteiger partial charge on any atom is 0.153 e. The van der Waals surface area contributed by atoms with Crippen molar-refractivity contribution in [2.45, 2.75) is 25.3 Å². The zero-order valence-electron chi connectivity index (χ0n) is 19.4. The van der Waals surface area contributed by atoms with Crippen molar-refractivity contribution in [1.29, 1.82) is 0 Å². The number of hydrogen-bond donors (Lipinski definition) is 1. The van der Waals surface area contributed by atoms with E-state index in [1.165, 1.54) is 0 Å². The van der Waals surface area contributed by atoms with E-state index in [-0.39, 0.29) is 0 Å². The quantitative estimate of drug-likeness (QED) is 0.214. The van der Waals surface area contributed by atoms with E-state index < -0.39 is 5.54 Å². The van der Waals surface area contributed by atoms with E-state index >= 15 is 0 Å². The summed E-state index contributed by atoms with van der Waals surface area (Å²) in [6.07, 6.45) is 2.11. The fraction of sp³-hybridized carbons (Fsp3) is 0.167. The van der Waals surface area contributed by atoms with Crippen molar-refractivity contribution in [2.24, 2.45) is 0 Å². The molecule has 4 nitrogen and oxygen atoms in total. The van der Waals surface area contributed by atoms with Crippen molar-refractivity contribution < 1.29 is 4.74 Å². The first-order chi connectivity index (χ1) is 16.7. The lowest BCUT2D eigenvalue weighted by molar-refractivity contribution is 0.310. The van der Waals surface area contributed by atoms with Crippen LogP contribution in [-0.4, -0.2) is 16.4 Å². The van der Waals surface area contributed by atoms with Gasteiger partial charge in [-0.1, -0.05) is 104 Å². The van der Waals surface area contributed by atoms with Crippen molar-refractivity contribution in [3.05, 3.63) is 126 Å². The molecule has 0 saturated heterocycles. The van der Waals surface area contributed by atoms with E-state index in [0.717, 1.165) is 46.2 Å². The number of nitrogen functional groups attached to an aromatic ring is 1. The van der Waals surface area contributed by atoms with E-state index in [1.807, 2.05) is 30.3 Å². The Bertz CT molecular complexity index is 1270. The van der Waals surface area contributed by atoms with Crippen molar-refractivity contribution in [1.82, 2.24) is 9.78 Å². The van der Waals surface area contributed by atoms with Gasteiger partial charge in [-0.05, 0) is 41.3 Å². The van der Waals surface area contributed by atoms with Crippen molar-refractivity contribution in [3.8, 4) is 5.75 Å². The Morgan fingerprint density at radius 1 is 0.765 bits per heavy atom. The number of nitrogens with zero attached hydrogens (tertiary/aromatic N) is 2. The number of fused-ring (bicyclic) bond motifs is 1. The largest absolute Gasteiger partial charge is 0.494 e. The molecule has 0 aliphatic heterocycles. The van der Waals surface area contributed by atoms with Crippen molar-refractivity contribution >= 4 is 16.7 Å². The normalized spacial score (nSPS) is 11.6. The average Bonchev–Trinajstić information content (AvgIpc) is 3.23. The average molecular weight is 448 g/mol. The summed E-state index contributed by atoms with van der Waals surface area (Å²) >= 11 is 0. The van der Waals surface area contributed by atoms with Gasteiger partial charge in [0.2, 0.25) is 0 Å². The van der Waals surface area contributed by atoms with Crippen LogP contribution < -0.4 is 10.5 Å². The Kier molecular flexibility index (Phi) is 6.05. The lowest BCUT2D eigenvalue weighted by atomic mass is 9.77. The lowest BCUT2D eigenvalue weighted by Gasteiger charge is -2.37. The van der Waals surface area contributed by atoms with Crippen LogP contribution in [0.25, 0.3) is 10.9 Å². The maximum absolute atomic E-state index is 6.54. The molecule has 1 heterocycles. The molecule has 0 amide bonds. The van der Waals surface area contributed by atoms with Crippen LogP contribution in [0.5, 0.6) is 5.75 Å². The number of anilines is 1. The number of hydrogen-bond acceptors (Lipinski definition) is 3. The zero-order valence-corrected chi connectivity index (χ0v) is 19.4. The zero-order chi connectivity index (χ0) is 23.4. The molecule has 0 atom stereocenters. The minimum absolute atomic E-state index is 0.489. The molecule has 2 N–H and O–H groups in total. The van der Waals surface area contributed by atoms with Gasteiger partial charge >= 0.3 is 0 Å². The van der Waals surface area contributed by atoms with Gasteiger partial charge in [0.1, 0.15) is 11.3 Å². The highest BCUT2D eigenvalue weighted by Crippen LogP contribution is 2.43. The minimum atomic E-state index is -0.704. The summed E-state index contributed by atoms with van der Waals surface area (Å²) in [5.74, 6) is 1.31. The van der Waals surface area contributed by atoms with Gasteiger partial charge in [-0.2, -0.15) is 5.10 Å². The van der Waals surface area contributed by atoms with Gasteiger partial charge in [0.25, 0.3) is 0 Å². The number of aromatic nitrogens is 2. The van der Waals surface area contributed by atoms with Gasteiger partial charge in [-0.15, -0.1) is 0 Å². The molecule has 4 heteroatoms. The molecule has 0 aliphatic rings. The molecular weight excluding hydrogens is 418 g/mol. The van der Waals surface area contributed by atoms with E-state index in [9.17, 15) is 0 Å². The molecule has 5 aromatic rings. The van der Waals surface area contributed by atoms with Crippen LogP contribution in [0.4, 0.5) is 5.82 Å². The predicted molar refractivity (Wildman–Crippen MR) is 139 cm³/mol. The fourth-order valence-electron chi connectivity index (χ4n) is 4.71. The molecule has 0 fully saturated rings. The molecule has 0 aliphatic carbocycles. The topological polar surface area (TPSA) is 53.1 Å². The monoisotopic (exact) mass is 447 g/mol. The van der Waals surface area contributed by atoms with Crippen LogP contribution in [0.3, 0.4) is 0 Å². The second-order valence-corrected chi connectivity index (χ2v) is 8.49. The summed E-state index contributed by atoms with van der Waals surface area (Å²) in [5, 5.41) is 5.86. The van der Waals surface area contributed by atoms with E-state index in [1.54, 1.807) is 0 Å². The Hall–Kier alpha value is -4.05. The Morgan fingerprint density at radius 3 is 1.79 bits per heavy atom. The Morgan fingerprint density at radius 2 is 1.29 bits per heavy atom. The SMILES string of the molecule is CCCCOc1ccc2c(c1)c(N)nn2C(c1ccccc1)(c1ccccc1)c1ccccc1. The molecule has 0 bridgehead atoms. The van der Waals surface area contributed by atoms with Gasteiger partial charge in [0.15, 0.2) is 5.82 Å². The third-order valence-corrected chi connectivity index (χ3v) is 6.34. The van der Waals surface area contributed by atoms with Gasteiger partial charge in [-0.25, -0.2) is 4.68 Å². The van der Waals surface area contributed by atoms with Crippen LogP contribution in [0.1, 0.15) is 36.5 Å². The van der Waals surface area contributed by atoms with Crippen LogP contribution in [-0.2, 0) is 5.54 Å². The van der Waals surface area contributed by atoms with Crippen molar-refractivity contribution in [3.63, 3.8) is 0 Å². The summed E-state index contributed by atoms with van der Waals surface area (Å²) < 4.78 is 8.04. The fourth-order valence-corrected chi connectivity index (χ4v) is 4.71. The number of nitrogens with two attached hydrogens (primary N) is 1. The van der Waals surface area contributed by atoms with Crippen LogP contribution in [0.2, 0.25) is 0 Å². The third kappa shape index (κ3) is 3.71.